The first-order chi connectivity index (χ1) is 15.1. The lowest BCUT2D eigenvalue weighted by atomic mass is 9.94. The SMILES string of the molecule is [C-]#[N+]c1ccc(-c2nn(CC(=O)N3CCC[C@@H](CC(=O)OC(C)(C)C)C3)cc2Br)cc1F. The normalized spacial score (nSPS) is 16.5. The minimum atomic E-state index is -0.612. The number of halogens is 2. The van der Waals surface area contributed by atoms with Crippen molar-refractivity contribution in [1.82, 2.24) is 14.7 Å². The third-order valence-corrected chi connectivity index (χ3v) is 5.68. The lowest BCUT2D eigenvalue weighted by Crippen LogP contribution is -2.42. The molecule has 1 amide bonds. The van der Waals surface area contributed by atoms with Gasteiger partial charge in [-0.2, -0.15) is 5.10 Å². The van der Waals surface area contributed by atoms with E-state index in [2.05, 4.69) is 25.9 Å². The molecule has 170 valence electrons. The molecule has 0 saturated carbocycles. The third-order valence-electron chi connectivity index (χ3n) is 5.10. The fraction of sp³-hybridized carbons (Fsp3) is 0.478. The molecular formula is C23H26BrFN4O3. The molecule has 7 nitrogen and oxygen atoms in total. The molecule has 32 heavy (non-hydrogen) atoms. The number of aromatic nitrogens is 2. The van der Waals surface area contributed by atoms with Gasteiger partial charge in [0.25, 0.3) is 0 Å². The third kappa shape index (κ3) is 6.16. The summed E-state index contributed by atoms with van der Waals surface area (Å²) in [6.07, 6.45) is 3.69. The summed E-state index contributed by atoms with van der Waals surface area (Å²) in [5.74, 6) is -0.866. The second kappa shape index (κ2) is 9.82. The van der Waals surface area contributed by atoms with E-state index in [-0.39, 0.29) is 30.0 Å². The molecule has 2 aromatic rings. The first-order valence-electron chi connectivity index (χ1n) is 10.5. The number of rotatable bonds is 5. The van der Waals surface area contributed by atoms with Crippen molar-refractivity contribution in [1.29, 1.82) is 0 Å². The highest BCUT2D eigenvalue weighted by Gasteiger charge is 2.27. The number of likely N-dealkylation sites (tertiary alicyclic amines) is 1. The number of ether oxygens (including phenoxy) is 1. The van der Waals surface area contributed by atoms with E-state index in [0.29, 0.717) is 35.2 Å². The van der Waals surface area contributed by atoms with E-state index in [1.165, 1.54) is 16.8 Å². The van der Waals surface area contributed by atoms with E-state index in [1.54, 1.807) is 17.2 Å². The predicted octanol–water partition coefficient (Wildman–Crippen LogP) is 4.97. The van der Waals surface area contributed by atoms with Crippen LogP contribution in [-0.4, -0.2) is 45.2 Å². The molecule has 1 aromatic heterocycles. The Kier molecular flexibility index (Phi) is 7.34. The number of esters is 1. The van der Waals surface area contributed by atoms with Crippen molar-refractivity contribution in [2.75, 3.05) is 13.1 Å². The van der Waals surface area contributed by atoms with Crippen molar-refractivity contribution < 1.29 is 18.7 Å². The number of piperidine rings is 1. The summed E-state index contributed by atoms with van der Waals surface area (Å²) in [7, 11) is 0. The molecule has 1 aromatic carbocycles. The number of benzene rings is 1. The van der Waals surface area contributed by atoms with Gasteiger partial charge in [-0.05, 0) is 61.5 Å². The first-order valence-corrected chi connectivity index (χ1v) is 11.2. The van der Waals surface area contributed by atoms with Gasteiger partial charge in [-0.3, -0.25) is 14.3 Å². The summed E-state index contributed by atoms with van der Waals surface area (Å²) in [4.78, 5) is 29.9. The number of amides is 1. The van der Waals surface area contributed by atoms with Gasteiger partial charge < -0.3 is 9.64 Å². The molecule has 0 unspecified atom stereocenters. The number of hydrogen-bond acceptors (Lipinski definition) is 4. The Hall–Kier alpha value is -2.73. The highest BCUT2D eigenvalue weighted by molar-refractivity contribution is 9.10. The van der Waals surface area contributed by atoms with Crippen molar-refractivity contribution >= 4 is 33.5 Å². The molecule has 0 spiro atoms. The zero-order valence-electron chi connectivity index (χ0n) is 18.4. The van der Waals surface area contributed by atoms with E-state index in [0.717, 1.165) is 12.8 Å². The maximum absolute atomic E-state index is 14.0. The Balaban J connectivity index is 1.63. The van der Waals surface area contributed by atoms with Gasteiger partial charge in [0.15, 0.2) is 0 Å². The second-order valence-corrected chi connectivity index (χ2v) is 9.79. The van der Waals surface area contributed by atoms with Crippen LogP contribution in [0.25, 0.3) is 16.1 Å². The molecule has 0 aliphatic carbocycles. The van der Waals surface area contributed by atoms with Gasteiger partial charge in [-0.15, -0.1) is 0 Å². The topological polar surface area (TPSA) is 68.8 Å². The summed E-state index contributed by atoms with van der Waals surface area (Å²) in [5.41, 5.74) is 0.439. The van der Waals surface area contributed by atoms with E-state index >= 15 is 0 Å². The summed E-state index contributed by atoms with van der Waals surface area (Å²) in [5, 5.41) is 4.42. The number of carbonyl (C=O) groups excluding carboxylic acids is 2. The minimum absolute atomic E-state index is 0.0420. The summed E-state index contributed by atoms with van der Waals surface area (Å²) in [6.45, 7) is 13.7. The summed E-state index contributed by atoms with van der Waals surface area (Å²) >= 11 is 3.42. The summed E-state index contributed by atoms with van der Waals surface area (Å²) < 4.78 is 21.5. The minimum Gasteiger partial charge on any atom is -0.460 e. The van der Waals surface area contributed by atoms with Crippen molar-refractivity contribution in [3.63, 3.8) is 0 Å². The molecule has 2 heterocycles. The van der Waals surface area contributed by atoms with Crippen molar-refractivity contribution in [2.45, 2.75) is 52.2 Å². The Morgan fingerprint density at radius 3 is 2.78 bits per heavy atom. The molecule has 1 aliphatic rings. The van der Waals surface area contributed by atoms with Crippen LogP contribution in [0.4, 0.5) is 10.1 Å². The smallest absolute Gasteiger partial charge is 0.306 e. The quantitative estimate of drug-likeness (QED) is 0.425. The van der Waals surface area contributed by atoms with Crippen LogP contribution in [0.1, 0.15) is 40.0 Å². The van der Waals surface area contributed by atoms with Gasteiger partial charge in [-0.1, -0.05) is 12.1 Å². The maximum Gasteiger partial charge on any atom is 0.306 e. The molecule has 1 atom stereocenters. The van der Waals surface area contributed by atoms with Gasteiger partial charge in [0, 0.05) is 24.8 Å². The van der Waals surface area contributed by atoms with Crippen LogP contribution in [0, 0.1) is 18.3 Å². The lowest BCUT2D eigenvalue weighted by molar-refractivity contribution is -0.157. The molecule has 0 radical (unpaired) electrons. The standard InChI is InChI=1S/C23H26BrFN4O3/c1-23(2,3)32-21(31)10-15-6-5-9-28(12-15)20(30)14-29-13-17(24)22(27-29)16-7-8-19(26-4)18(25)11-16/h7-8,11,13,15H,5-6,9-10,12,14H2,1-3H3/t15-/m0/s1. The van der Waals surface area contributed by atoms with Gasteiger partial charge in [0.05, 0.1) is 17.5 Å². The van der Waals surface area contributed by atoms with Crippen molar-refractivity contribution in [3.05, 3.63) is 46.1 Å². The van der Waals surface area contributed by atoms with E-state index in [4.69, 9.17) is 11.3 Å². The number of hydrogen-bond donors (Lipinski definition) is 0. The highest BCUT2D eigenvalue weighted by Crippen LogP contribution is 2.30. The van der Waals surface area contributed by atoms with Gasteiger partial charge in [0.2, 0.25) is 11.6 Å². The van der Waals surface area contributed by atoms with Crippen LogP contribution in [0.15, 0.2) is 28.9 Å². The Bertz CT molecular complexity index is 1050. The van der Waals surface area contributed by atoms with Gasteiger partial charge in [-0.25, -0.2) is 9.24 Å². The average Bonchev–Trinajstić information content (AvgIpc) is 3.06. The zero-order chi connectivity index (χ0) is 23.5. The summed E-state index contributed by atoms with van der Waals surface area (Å²) in [6, 6.07) is 4.30. The molecular weight excluding hydrogens is 479 g/mol. The monoisotopic (exact) mass is 504 g/mol. The van der Waals surface area contributed by atoms with Crippen LogP contribution in [0.2, 0.25) is 0 Å². The molecule has 9 heteroatoms. The fourth-order valence-corrected chi connectivity index (χ4v) is 4.28. The van der Waals surface area contributed by atoms with Crippen LogP contribution in [0.3, 0.4) is 0 Å². The lowest BCUT2D eigenvalue weighted by Gasteiger charge is -2.33. The molecule has 1 saturated heterocycles. The van der Waals surface area contributed by atoms with Crippen molar-refractivity contribution in [2.24, 2.45) is 5.92 Å². The van der Waals surface area contributed by atoms with Gasteiger partial charge in [0.1, 0.15) is 23.7 Å². The average molecular weight is 505 g/mol. The van der Waals surface area contributed by atoms with E-state index in [1.807, 2.05) is 20.8 Å². The highest BCUT2D eigenvalue weighted by atomic mass is 79.9. The fourth-order valence-electron chi connectivity index (χ4n) is 3.73. The largest absolute Gasteiger partial charge is 0.460 e. The molecule has 0 bridgehead atoms. The van der Waals surface area contributed by atoms with Crippen LogP contribution in [0.5, 0.6) is 0 Å². The molecule has 0 N–H and O–H groups in total. The zero-order valence-corrected chi connectivity index (χ0v) is 20.0. The van der Waals surface area contributed by atoms with Crippen LogP contribution < -0.4 is 0 Å². The predicted molar refractivity (Wildman–Crippen MR) is 121 cm³/mol. The van der Waals surface area contributed by atoms with Crippen LogP contribution in [-0.2, 0) is 20.9 Å². The van der Waals surface area contributed by atoms with E-state index in [9.17, 15) is 14.0 Å². The second-order valence-electron chi connectivity index (χ2n) is 8.94. The van der Waals surface area contributed by atoms with Gasteiger partial charge >= 0.3 is 5.97 Å². The maximum atomic E-state index is 14.0. The van der Waals surface area contributed by atoms with E-state index < -0.39 is 11.4 Å². The Morgan fingerprint density at radius 1 is 1.38 bits per heavy atom. The van der Waals surface area contributed by atoms with Crippen LogP contribution >= 0.6 is 15.9 Å². The molecule has 3 rings (SSSR count). The Morgan fingerprint density at radius 2 is 2.12 bits per heavy atom. The first kappa shape index (κ1) is 23.9. The van der Waals surface area contributed by atoms with Crippen molar-refractivity contribution in [3.8, 4) is 11.3 Å². The molecule has 1 fully saturated rings. The number of carbonyl (C=O) groups is 2. The Labute approximate surface area is 195 Å². The molecule has 1 aliphatic heterocycles. The number of nitrogens with zero attached hydrogens (tertiary/aromatic N) is 4.